The van der Waals surface area contributed by atoms with Crippen molar-refractivity contribution < 1.29 is 14.4 Å². The molecule has 5 nitrogen and oxygen atoms in total. The Bertz CT molecular complexity index is 827. The summed E-state index contributed by atoms with van der Waals surface area (Å²) in [5.74, 6) is -0.725. The predicted molar refractivity (Wildman–Crippen MR) is 74.8 cm³/mol. The standard InChI is InChI=1S/C15H14N2O3/c1-8-4-5-12-10(6-8)13(9(2)17(12)3)14-11(15(18)19)7-16-20-14/h4-7H,1-3H3,(H,18,19). The van der Waals surface area contributed by atoms with E-state index in [1.54, 1.807) is 0 Å². The van der Waals surface area contributed by atoms with Gasteiger partial charge in [0.25, 0.3) is 0 Å². The third-order valence-electron chi connectivity index (χ3n) is 3.68. The molecule has 0 unspecified atom stereocenters. The SMILES string of the molecule is Cc1ccc2c(c1)c(-c1oncc1C(=O)O)c(C)n2C. The number of hydrogen-bond acceptors (Lipinski definition) is 3. The Labute approximate surface area is 115 Å². The first-order valence-electron chi connectivity index (χ1n) is 6.24. The van der Waals surface area contributed by atoms with E-state index in [9.17, 15) is 9.90 Å². The first-order valence-corrected chi connectivity index (χ1v) is 6.24. The summed E-state index contributed by atoms with van der Waals surface area (Å²) in [4.78, 5) is 11.3. The van der Waals surface area contributed by atoms with Gasteiger partial charge >= 0.3 is 5.97 Å². The largest absolute Gasteiger partial charge is 0.477 e. The number of fused-ring (bicyclic) bond motifs is 1. The van der Waals surface area contributed by atoms with Gasteiger partial charge in [0.05, 0.1) is 6.20 Å². The average Bonchev–Trinajstić information content (AvgIpc) is 2.95. The van der Waals surface area contributed by atoms with E-state index >= 15 is 0 Å². The topological polar surface area (TPSA) is 68.3 Å². The van der Waals surface area contributed by atoms with Crippen LogP contribution < -0.4 is 0 Å². The van der Waals surface area contributed by atoms with Crippen molar-refractivity contribution in [1.29, 1.82) is 0 Å². The van der Waals surface area contributed by atoms with Gasteiger partial charge in [0, 0.05) is 29.2 Å². The molecule has 0 aliphatic carbocycles. The number of carboxylic acids is 1. The van der Waals surface area contributed by atoms with Crippen LogP contribution in [0.1, 0.15) is 21.6 Å². The smallest absolute Gasteiger partial charge is 0.341 e. The Balaban J connectivity index is 2.41. The van der Waals surface area contributed by atoms with Crippen molar-refractivity contribution in [3.63, 3.8) is 0 Å². The summed E-state index contributed by atoms with van der Waals surface area (Å²) in [7, 11) is 1.95. The molecule has 3 aromatic rings. The Morgan fingerprint density at radius 1 is 1.35 bits per heavy atom. The molecule has 1 aromatic carbocycles. The fraction of sp³-hybridized carbons (Fsp3) is 0.200. The second kappa shape index (κ2) is 4.23. The van der Waals surface area contributed by atoms with Crippen LogP contribution >= 0.6 is 0 Å². The maximum atomic E-state index is 11.3. The molecule has 0 bridgehead atoms. The molecule has 0 atom stereocenters. The number of aromatic nitrogens is 2. The molecule has 0 aliphatic heterocycles. The number of carbonyl (C=O) groups is 1. The van der Waals surface area contributed by atoms with E-state index < -0.39 is 5.97 Å². The zero-order chi connectivity index (χ0) is 14.4. The van der Waals surface area contributed by atoms with Gasteiger partial charge in [-0.3, -0.25) is 0 Å². The summed E-state index contributed by atoms with van der Waals surface area (Å²) in [6, 6.07) is 6.09. The van der Waals surface area contributed by atoms with Crippen molar-refractivity contribution >= 4 is 16.9 Å². The van der Waals surface area contributed by atoms with E-state index in [-0.39, 0.29) is 5.56 Å². The summed E-state index contributed by atoms with van der Waals surface area (Å²) in [5, 5.41) is 13.8. The normalized spacial score (nSPS) is 11.2. The van der Waals surface area contributed by atoms with Gasteiger partial charge in [0.2, 0.25) is 0 Å². The fourth-order valence-corrected chi connectivity index (χ4v) is 2.54. The van der Waals surface area contributed by atoms with E-state index in [1.165, 1.54) is 6.20 Å². The van der Waals surface area contributed by atoms with Crippen molar-refractivity contribution in [3.05, 3.63) is 41.2 Å². The molecule has 0 amide bonds. The van der Waals surface area contributed by atoms with Crippen LogP contribution in [0.25, 0.3) is 22.2 Å². The van der Waals surface area contributed by atoms with Crippen LogP contribution in [0.3, 0.4) is 0 Å². The summed E-state index contributed by atoms with van der Waals surface area (Å²) in [6.07, 6.45) is 1.24. The van der Waals surface area contributed by atoms with Gasteiger partial charge in [-0.25, -0.2) is 4.79 Å². The lowest BCUT2D eigenvalue weighted by Crippen LogP contribution is -1.97. The Hall–Kier alpha value is -2.56. The molecule has 5 heteroatoms. The van der Waals surface area contributed by atoms with E-state index in [0.717, 1.165) is 27.7 Å². The van der Waals surface area contributed by atoms with E-state index in [2.05, 4.69) is 5.16 Å². The number of rotatable bonds is 2. The van der Waals surface area contributed by atoms with Crippen molar-refractivity contribution in [1.82, 2.24) is 9.72 Å². The molecule has 3 rings (SSSR count). The molecule has 20 heavy (non-hydrogen) atoms. The minimum atomic E-state index is -1.04. The van der Waals surface area contributed by atoms with Gasteiger partial charge in [0.15, 0.2) is 5.76 Å². The van der Waals surface area contributed by atoms with Crippen LogP contribution in [0.15, 0.2) is 28.9 Å². The maximum absolute atomic E-state index is 11.3. The Morgan fingerprint density at radius 2 is 2.10 bits per heavy atom. The number of aryl methyl sites for hydroxylation is 2. The van der Waals surface area contributed by atoms with Crippen LogP contribution in [-0.2, 0) is 7.05 Å². The molecule has 0 aliphatic rings. The zero-order valence-corrected chi connectivity index (χ0v) is 11.5. The molecular weight excluding hydrogens is 256 g/mol. The van der Waals surface area contributed by atoms with E-state index in [1.807, 2.05) is 43.7 Å². The maximum Gasteiger partial charge on any atom is 0.341 e. The minimum absolute atomic E-state index is 0.0853. The van der Waals surface area contributed by atoms with Crippen molar-refractivity contribution in [2.45, 2.75) is 13.8 Å². The molecule has 0 radical (unpaired) electrons. The second-order valence-electron chi connectivity index (χ2n) is 4.91. The third-order valence-corrected chi connectivity index (χ3v) is 3.68. The number of carboxylic acid groups (broad SMARTS) is 1. The number of benzene rings is 1. The monoisotopic (exact) mass is 270 g/mol. The summed E-state index contributed by atoms with van der Waals surface area (Å²) in [6.45, 7) is 3.95. The fourth-order valence-electron chi connectivity index (χ4n) is 2.54. The van der Waals surface area contributed by atoms with E-state index in [4.69, 9.17) is 4.52 Å². The molecule has 0 saturated heterocycles. The summed E-state index contributed by atoms with van der Waals surface area (Å²) >= 11 is 0. The van der Waals surface area contributed by atoms with Crippen LogP contribution in [0.2, 0.25) is 0 Å². The van der Waals surface area contributed by atoms with Crippen LogP contribution in [0.5, 0.6) is 0 Å². The molecule has 2 aromatic heterocycles. The molecule has 102 valence electrons. The van der Waals surface area contributed by atoms with Gasteiger partial charge in [0.1, 0.15) is 5.56 Å². The first kappa shape index (κ1) is 12.5. The highest BCUT2D eigenvalue weighted by atomic mass is 16.5. The Morgan fingerprint density at radius 3 is 2.80 bits per heavy atom. The molecule has 0 saturated carbocycles. The van der Waals surface area contributed by atoms with E-state index in [0.29, 0.717) is 5.76 Å². The minimum Gasteiger partial charge on any atom is -0.477 e. The highest BCUT2D eigenvalue weighted by Gasteiger charge is 2.23. The van der Waals surface area contributed by atoms with Crippen molar-refractivity contribution in [2.75, 3.05) is 0 Å². The number of nitrogens with zero attached hydrogens (tertiary/aromatic N) is 2. The lowest BCUT2D eigenvalue weighted by Gasteiger charge is -1.99. The lowest BCUT2D eigenvalue weighted by molar-refractivity contribution is 0.0697. The third kappa shape index (κ3) is 1.63. The number of hydrogen-bond donors (Lipinski definition) is 1. The highest BCUT2D eigenvalue weighted by molar-refractivity contribution is 6.03. The molecule has 0 fully saturated rings. The molecule has 2 heterocycles. The zero-order valence-electron chi connectivity index (χ0n) is 11.5. The Kier molecular flexibility index (Phi) is 2.64. The molecule has 0 spiro atoms. The summed E-state index contributed by atoms with van der Waals surface area (Å²) in [5.41, 5.74) is 3.98. The number of aromatic carboxylic acids is 1. The molecule has 1 N–H and O–H groups in total. The summed E-state index contributed by atoms with van der Waals surface area (Å²) < 4.78 is 7.24. The quantitative estimate of drug-likeness (QED) is 0.776. The van der Waals surface area contributed by atoms with Crippen LogP contribution in [0.4, 0.5) is 0 Å². The van der Waals surface area contributed by atoms with Crippen LogP contribution in [0, 0.1) is 13.8 Å². The second-order valence-corrected chi connectivity index (χ2v) is 4.91. The van der Waals surface area contributed by atoms with Crippen molar-refractivity contribution in [2.24, 2.45) is 7.05 Å². The molecular formula is C15H14N2O3. The lowest BCUT2D eigenvalue weighted by atomic mass is 10.0. The first-order chi connectivity index (χ1) is 9.50. The van der Waals surface area contributed by atoms with Gasteiger partial charge in [-0.05, 0) is 26.0 Å². The van der Waals surface area contributed by atoms with Gasteiger partial charge in [-0.2, -0.15) is 0 Å². The average molecular weight is 270 g/mol. The van der Waals surface area contributed by atoms with Gasteiger partial charge in [-0.1, -0.05) is 16.8 Å². The van der Waals surface area contributed by atoms with Gasteiger partial charge < -0.3 is 14.2 Å². The highest BCUT2D eigenvalue weighted by Crippen LogP contribution is 2.36. The van der Waals surface area contributed by atoms with Crippen LogP contribution in [-0.4, -0.2) is 20.8 Å². The van der Waals surface area contributed by atoms with Gasteiger partial charge in [-0.15, -0.1) is 0 Å². The van der Waals surface area contributed by atoms with Crippen molar-refractivity contribution in [3.8, 4) is 11.3 Å². The predicted octanol–water partition coefficient (Wildman–Crippen LogP) is 3.15.